The minimum Gasteiger partial charge on any atom is -0.477 e. The van der Waals surface area contributed by atoms with Crippen LogP contribution in [0.25, 0.3) is 0 Å². The number of alkyl halides is 2. The predicted molar refractivity (Wildman–Crippen MR) is 199 cm³/mol. The molecule has 4 heterocycles. The second-order valence-corrected chi connectivity index (χ2v) is 15.4. The van der Waals surface area contributed by atoms with E-state index in [9.17, 15) is 28.3 Å². The number of carboxylic acid groups (broad SMARTS) is 1. The Morgan fingerprint density at radius 3 is 2.19 bits per heavy atom. The number of thioether (sulfide) groups is 2. The summed E-state index contributed by atoms with van der Waals surface area (Å²) in [5.41, 5.74) is 1.37. The third-order valence-electron chi connectivity index (χ3n) is 8.35. The summed E-state index contributed by atoms with van der Waals surface area (Å²) in [6, 6.07) is 28.0. The van der Waals surface area contributed by atoms with Gasteiger partial charge in [-0.1, -0.05) is 108 Å². The second kappa shape index (κ2) is 15.8. The molecule has 53 heavy (non-hydrogen) atoms. The summed E-state index contributed by atoms with van der Waals surface area (Å²) in [5.74, 6) is -2.40. The number of rotatable bonds is 14. The average molecular weight is 792 g/mol. The zero-order chi connectivity index (χ0) is 37.0. The summed E-state index contributed by atoms with van der Waals surface area (Å²) in [7, 11) is 0. The first-order valence-corrected chi connectivity index (χ1v) is 19.5. The van der Waals surface area contributed by atoms with Crippen LogP contribution in [0.5, 0.6) is 0 Å². The Morgan fingerprint density at radius 1 is 1.02 bits per heavy atom. The van der Waals surface area contributed by atoms with Crippen LogP contribution < -0.4 is 10.6 Å². The van der Waals surface area contributed by atoms with Crippen LogP contribution in [0, 0.1) is 0 Å². The van der Waals surface area contributed by atoms with E-state index in [1.807, 2.05) is 91.0 Å². The fourth-order valence-corrected chi connectivity index (χ4v) is 9.74. The SMILES string of the molecule is O=C(O)C1=C(CSc2ncns2)CS[C@H]2C(NC(=O)C(=NOC(F)F)c3csc(NC(c4ccccc4)(c4ccccc4)c4ccccc4)n3)C(=O)N12. The zero-order valence-electron chi connectivity index (χ0n) is 27.2. The number of carbonyl (C=O) groups excluding carboxylic acids is 2. The van der Waals surface area contributed by atoms with E-state index in [1.54, 1.807) is 0 Å². The Morgan fingerprint density at radius 2 is 1.64 bits per heavy atom. The van der Waals surface area contributed by atoms with Gasteiger partial charge in [-0.3, -0.25) is 14.5 Å². The van der Waals surface area contributed by atoms with Gasteiger partial charge in [-0.2, -0.15) is 13.2 Å². The standard InChI is InChI=1S/C35H27F2N7O5S4/c36-32(37)49-43-25(28(45)41-26-29(46)44-27(31(47)48)20(16-50-30(26)44)17-52-34-38-19-39-53-34)24-18-51-33(40-24)42-35(21-10-4-1-5-11-21,22-12-6-2-7-13-22)23-14-8-3-9-15-23/h1-15,18-19,26,30,32H,16-17H2,(H,40,42)(H,41,45)(H,47,48)/t26?,30-/m0/s1. The first kappa shape index (κ1) is 36.2. The summed E-state index contributed by atoms with van der Waals surface area (Å²) in [4.78, 5) is 53.4. The molecule has 0 spiro atoms. The lowest BCUT2D eigenvalue weighted by atomic mass is 9.77. The Bertz CT molecular complexity index is 2060. The topological polar surface area (TPSA) is 159 Å². The van der Waals surface area contributed by atoms with E-state index in [0.717, 1.165) is 32.9 Å². The van der Waals surface area contributed by atoms with E-state index >= 15 is 0 Å². The molecule has 0 radical (unpaired) electrons. The van der Waals surface area contributed by atoms with Crippen molar-refractivity contribution in [2.45, 2.75) is 27.9 Å². The molecule has 2 aliphatic heterocycles. The fourth-order valence-electron chi connectivity index (χ4n) is 6.06. The average Bonchev–Trinajstić information content (AvgIpc) is 3.88. The van der Waals surface area contributed by atoms with Crippen LogP contribution in [0.1, 0.15) is 22.4 Å². The number of hydrogen-bond donors (Lipinski definition) is 3. The third kappa shape index (κ3) is 7.39. The minimum atomic E-state index is -3.34. The number of carbonyl (C=O) groups is 3. The largest absolute Gasteiger partial charge is 0.477 e. The monoisotopic (exact) mass is 791 g/mol. The number of aliphatic carboxylic acids is 1. The minimum absolute atomic E-state index is 0.0826. The van der Waals surface area contributed by atoms with Crippen LogP contribution in [0.2, 0.25) is 0 Å². The van der Waals surface area contributed by atoms with Gasteiger partial charge in [-0.25, -0.2) is 14.8 Å². The molecule has 0 saturated carbocycles. The number of nitrogens with one attached hydrogen (secondary N) is 2. The first-order chi connectivity index (χ1) is 25.8. The maximum Gasteiger partial charge on any atom is 0.407 e. The molecule has 12 nitrogen and oxygen atoms in total. The molecule has 5 aromatic rings. The number of aromatic nitrogens is 3. The summed E-state index contributed by atoms with van der Waals surface area (Å²) >= 11 is 4.87. The molecule has 1 fully saturated rings. The van der Waals surface area contributed by atoms with Crippen molar-refractivity contribution in [1.82, 2.24) is 24.6 Å². The molecule has 1 saturated heterocycles. The van der Waals surface area contributed by atoms with Crippen molar-refractivity contribution in [3.05, 3.63) is 136 Å². The molecule has 3 aromatic carbocycles. The highest BCUT2D eigenvalue weighted by atomic mass is 32.2. The van der Waals surface area contributed by atoms with Gasteiger partial charge in [0.2, 0.25) is 0 Å². The van der Waals surface area contributed by atoms with Gasteiger partial charge in [0.05, 0.1) is 0 Å². The summed E-state index contributed by atoms with van der Waals surface area (Å²) < 4.78 is 31.1. The van der Waals surface area contributed by atoms with Crippen molar-refractivity contribution in [3.8, 4) is 0 Å². The van der Waals surface area contributed by atoms with Gasteiger partial charge >= 0.3 is 12.6 Å². The summed E-state index contributed by atoms with van der Waals surface area (Å²) in [6.07, 6.45) is 1.40. The molecule has 2 amide bonds. The van der Waals surface area contributed by atoms with Crippen LogP contribution in [-0.4, -0.2) is 77.4 Å². The molecular weight excluding hydrogens is 765 g/mol. The van der Waals surface area contributed by atoms with Crippen molar-refractivity contribution in [3.63, 3.8) is 0 Å². The van der Waals surface area contributed by atoms with Gasteiger partial charge in [-0.05, 0) is 33.8 Å². The smallest absolute Gasteiger partial charge is 0.407 e. The predicted octanol–water partition coefficient (Wildman–Crippen LogP) is 5.87. The quantitative estimate of drug-likeness (QED) is 0.0406. The molecular formula is C35H27F2N7O5S4. The van der Waals surface area contributed by atoms with Crippen molar-refractivity contribution in [2.75, 3.05) is 16.8 Å². The number of hydrogen-bond acceptors (Lipinski definition) is 13. The van der Waals surface area contributed by atoms with Gasteiger partial charge in [0.1, 0.15) is 34.7 Å². The van der Waals surface area contributed by atoms with Gasteiger partial charge in [-0.15, -0.1) is 23.1 Å². The Balaban J connectivity index is 1.16. The number of benzene rings is 3. The Labute approximate surface area is 317 Å². The van der Waals surface area contributed by atoms with Crippen LogP contribution >= 0.6 is 46.4 Å². The van der Waals surface area contributed by atoms with Gasteiger partial charge < -0.3 is 20.6 Å². The van der Waals surface area contributed by atoms with Gasteiger partial charge in [0, 0.05) is 16.9 Å². The lowest BCUT2D eigenvalue weighted by Crippen LogP contribution is -2.71. The normalized spacial score (nSPS) is 17.3. The van der Waals surface area contributed by atoms with Crippen LogP contribution in [0.4, 0.5) is 13.9 Å². The molecule has 3 N–H and O–H groups in total. The van der Waals surface area contributed by atoms with Gasteiger partial charge in [0.25, 0.3) is 11.8 Å². The van der Waals surface area contributed by atoms with Crippen LogP contribution in [-0.2, 0) is 24.8 Å². The van der Waals surface area contributed by atoms with E-state index in [-0.39, 0.29) is 22.9 Å². The number of amides is 2. The number of thiazole rings is 1. The van der Waals surface area contributed by atoms with Crippen molar-refractivity contribution in [1.29, 1.82) is 0 Å². The Hall–Kier alpha value is -5.17. The van der Waals surface area contributed by atoms with E-state index < -0.39 is 47.1 Å². The first-order valence-electron chi connectivity index (χ1n) is 15.8. The van der Waals surface area contributed by atoms with Crippen molar-refractivity contribution in [2.24, 2.45) is 5.16 Å². The van der Waals surface area contributed by atoms with Crippen LogP contribution in [0.3, 0.4) is 0 Å². The van der Waals surface area contributed by atoms with Crippen LogP contribution in [0.15, 0.2) is 123 Å². The molecule has 2 aliphatic rings. The molecule has 7 rings (SSSR count). The highest BCUT2D eigenvalue weighted by Crippen LogP contribution is 2.43. The summed E-state index contributed by atoms with van der Waals surface area (Å²) in [6.45, 7) is -3.34. The number of carboxylic acids is 1. The molecule has 270 valence electrons. The molecule has 2 aromatic heterocycles. The third-order valence-corrected chi connectivity index (χ3v) is 12.3. The van der Waals surface area contributed by atoms with E-state index in [1.165, 1.54) is 46.8 Å². The van der Waals surface area contributed by atoms with Crippen molar-refractivity contribution < 1.29 is 33.1 Å². The maximum absolute atomic E-state index is 13.7. The molecule has 18 heteroatoms. The molecule has 1 unspecified atom stereocenters. The number of anilines is 1. The molecule has 2 atom stereocenters. The molecule has 0 aliphatic carbocycles. The highest BCUT2D eigenvalue weighted by Gasteiger charge is 2.54. The summed E-state index contributed by atoms with van der Waals surface area (Å²) in [5, 5.41) is 20.6. The lowest BCUT2D eigenvalue weighted by molar-refractivity contribution is -0.150. The van der Waals surface area contributed by atoms with E-state index in [4.69, 9.17) is 0 Å². The number of halogens is 2. The van der Waals surface area contributed by atoms with Crippen molar-refractivity contribution >= 4 is 75.0 Å². The zero-order valence-corrected chi connectivity index (χ0v) is 30.4. The van der Waals surface area contributed by atoms with Gasteiger partial charge in [0.15, 0.2) is 15.2 Å². The molecule has 0 bridgehead atoms. The number of nitrogens with zero attached hydrogens (tertiary/aromatic N) is 5. The Kier molecular flexibility index (Phi) is 10.8. The number of fused-ring (bicyclic) bond motifs is 1. The van der Waals surface area contributed by atoms with E-state index in [0.29, 0.717) is 15.0 Å². The highest BCUT2D eigenvalue weighted by molar-refractivity contribution is 8.01. The lowest BCUT2D eigenvalue weighted by Gasteiger charge is -2.49. The fraction of sp³-hybridized carbons (Fsp3) is 0.171. The number of β-lactam (4-membered cyclic amide) rings is 1. The van der Waals surface area contributed by atoms with E-state index in [2.05, 4.69) is 35.0 Å². The number of oxime groups is 1. The maximum atomic E-state index is 13.7. The second-order valence-electron chi connectivity index (χ2n) is 11.4.